The normalized spacial score (nSPS) is 21.2. The summed E-state index contributed by atoms with van der Waals surface area (Å²) in [5.74, 6) is 0.124. The number of aryl methyl sites for hydroxylation is 1. The summed E-state index contributed by atoms with van der Waals surface area (Å²) in [5, 5.41) is 6.91. The third kappa shape index (κ3) is 2.98. The molecule has 2 aliphatic rings. The molecular weight excluding hydrogens is 354 g/mol. The molecule has 0 radical (unpaired) electrons. The maximum atomic E-state index is 12.6. The maximum Gasteiger partial charge on any atom is 0.285 e. The van der Waals surface area contributed by atoms with Crippen molar-refractivity contribution in [3.8, 4) is 0 Å². The van der Waals surface area contributed by atoms with Crippen molar-refractivity contribution in [3.63, 3.8) is 0 Å². The van der Waals surface area contributed by atoms with Crippen molar-refractivity contribution in [1.29, 1.82) is 0 Å². The van der Waals surface area contributed by atoms with E-state index in [0.717, 1.165) is 12.8 Å². The van der Waals surface area contributed by atoms with Crippen molar-refractivity contribution in [2.75, 3.05) is 18.4 Å². The predicted molar refractivity (Wildman–Crippen MR) is 96.3 cm³/mol. The molecule has 0 saturated carbocycles. The van der Waals surface area contributed by atoms with Gasteiger partial charge < -0.3 is 10.2 Å². The van der Waals surface area contributed by atoms with Gasteiger partial charge in [-0.3, -0.25) is 9.48 Å². The van der Waals surface area contributed by atoms with Crippen LogP contribution in [0.4, 0.5) is 5.69 Å². The lowest BCUT2D eigenvalue weighted by Crippen LogP contribution is -2.43. The Morgan fingerprint density at radius 2 is 2.12 bits per heavy atom. The summed E-state index contributed by atoms with van der Waals surface area (Å²) >= 11 is 0. The van der Waals surface area contributed by atoms with E-state index in [0.29, 0.717) is 30.2 Å². The molecule has 4 rings (SSSR count). The molecule has 1 atom stereocenters. The third-order valence-corrected chi connectivity index (χ3v) is 6.00. The number of carbonyl (C=O) groups is 1. The second kappa shape index (κ2) is 6.24. The minimum absolute atomic E-state index is 0.0857. The van der Waals surface area contributed by atoms with E-state index in [1.165, 1.54) is 0 Å². The number of nitrogens with one attached hydrogen (secondary N) is 1. The van der Waals surface area contributed by atoms with Crippen LogP contribution in [0.3, 0.4) is 0 Å². The minimum Gasteiger partial charge on any atom is -0.355 e. The first kappa shape index (κ1) is 16.8. The Labute approximate surface area is 151 Å². The van der Waals surface area contributed by atoms with E-state index >= 15 is 0 Å². The van der Waals surface area contributed by atoms with Gasteiger partial charge >= 0.3 is 0 Å². The van der Waals surface area contributed by atoms with Crippen molar-refractivity contribution in [3.05, 3.63) is 42.2 Å². The zero-order valence-corrected chi connectivity index (χ0v) is 15.1. The monoisotopic (exact) mass is 373 g/mol. The zero-order chi connectivity index (χ0) is 18.3. The van der Waals surface area contributed by atoms with Crippen LogP contribution in [0.15, 0.2) is 46.0 Å². The molecule has 8 nitrogen and oxygen atoms in total. The Hall–Kier alpha value is -2.68. The minimum atomic E-state index is -3.65. The van der Waals surface area contributed by atoms with Crippen LogP contribution < -0.4 is 5.32 Å². The van der Waals surface area contributed by atoms with Crippen molar-refractivity contribution in [1.82, 2.24) is 14.7 Å². The first-order valence-corrected chi connectivity index (χ1v) is 9.87. The van der Waals surface area contributed by atoms with E-state index in [9.17, 15) is 13.2 Å². The van der Waals surface area contributed by atoms with E-state index in [1.54, 1.807) is 48.4 Å². The zero-order valence-electron chi connectivity index (χ0n) is 14.3. The average molecular weight is 373 g/mol. The molecule has 0 bridgehead atoms. The molecule has 9 heteroatoms. The fraction of sp³-hybridized carbons (Fsp3) is 0.353. The summed E-state index contributed by atoms with van der Waals surface area (Å²) in [4.78, 5) is 14.7. The number of nitrogens with zero attached hydrogens (tertiary/aromatic N) is 4. The van der Waals surface area contributed by atoms with Crippen molar-refractivity contribution in [2.24, 2.45) is 17.4 Å². The standard InChI is InChI=1S/C17H19N5O3S/c1-21-11-13(9-18-21)19-17(23)12-5-4-8-22(10-12)16-14-6-2-3-7-15(14)26(24,25)20-16/h2-3,6-7,9,11-12H,4-5,8,10H2,1H3,(H,19,23)/t12-/m1/s1. The molecule has 1 N–H and O–H groups in total. The highest BCUT2D eigenvalue weighted by Crippen LogP contribution is 2.30. The average Bonchev–Trinajstić information content (AvgIpc) is 3.16. The van der Waals surface area contributed by atoms with Crippen LogP contribution in [-0.4, -0.2) is 47.9 Å². The number of aromatic nitrogens is 2. The summed E-state index contributed by atoms with van der Waals surface area (Å²) < 4.78 is 30.1. The number of rotatable bonds is 2. The largest absolute Gasteiger partial charge is 0.355 e. The predicted octanol–water partition coefficient (Wildman–Crippen LogP) is 1.22. The first-order chi connectivity index (χ1) is 12.4. The van der Waals surface area contributed by atoms with Crippen LogP contribution in [0.25, 0.3) is 0 Å². The molecule has 1 aromatic heterocycles. The Morgan fingerprint density at radius 1 is 1.31 bits per heavy atom. The fourth-order valence-corrected chi connectivity index (χ4v) is 4.66. The van der Waals surface area contributed by atoms with Gasteiger partial charge in [0.05, 0.1) is 17.8 Å². The highest BCUT2D eigenvalue weighted by atomic mass is 32.2. The summed E-state index contributed by atoms with van der Waals surface area (Å²) in [7, 11) is -1.87. The summed E-state index contributed by atoms with van der Waals surface area (Å²) in [6, 6.07) is 6.82. The van der Waals surface area contributed by atoms with E-state index in [4.69, 9.17) is 0 Å². The molecule has 2 aliphatic heterocycles. The smallest absolute Gasteiger partial charge is 0.285 e. The number of anilines is 1. The number of amidine groups is 1. The molecule has 1 saturated heterocycles. The lowest BCUT2D eigenvalue weighted by atomic mass is 9.96. The van der Waals surface area contributed by atoms with Gasteiger partial charge in [-0.15, -0.1) is 4.40 Å². The maximum absolute atomic E-state index is 12.6. The van der Waals surface area contributed by atoms with Gasteiger partial charge in [0.25, 0.3) is 10.0 Å². The van der Waals surface area contributed by atoms with Gasteiger partial charge in [0.2, 0.25) is 5.91 Å². The van der Waals surface area contributed by atoms with Gasteiger partial charge in [-0.05, 0) is 25.0 Å². The quantitative estimate of drug-likeness (QED) is 0.854. The molecule has 1 aromatic carbocycles. The van der Waals surface area contributed by atoms with Gasteiger partial charge in [0, 0.05) is 31.9 Å². The number of hydrogen-bond donors (Lipinski definition) is 1. The summed E-state index contributed by atoms with van der Waals surface area (Å²) in [5.41, 5.74) is 1.27. The Bertz CT molecular complexity index is 995. The van der Waals surface area contributed by atoms with Crippen LogP contribution in [0.1, 0.15) is 18.4 Å². The number of sulfonamides is 1. The number of likely N-dealkylation sites (tertiary alicyclic amines) is 1. The second-order valence-electron chi connectivity index (χ2n) is 6.56. The number of amides is 1. The molecule has 1 amide bonds. The Kier molecular flexibility index (Phi) is 4.03. The van der Waals surface area contributed by atoms with E-state index in [1.807, 2.05) is 4.90 Å². The van der Waals surface area contributed by atoms with Crippen molar-refractivity contribution in [2.45, 2.75) is 17.7 Å². The molecule has 1 fully saturated rings. The van der Waals surface area contributed by atoms with Gasteiger partial charge in [0.15, 0.2) is 5.84 Å². The SMILES string of the molecule is Cn1cc(NC(=O)[C@@H]2CCCN(C3=NS(=O)(=O)c4ccccc43)C2)cn1. The van der Waals surface area contributed by atoms with Crippen LogP contribution in [0.2, 0.25) is 0 Å². The third-order valence-electron chi connectivity index (χ3n) is 4.68. The topological polar surface area (TPSA) is 96.7 Å². The van der Waals surface area contributed by atoms with Crippen LogP contribution >= 0.6 is 0 Å². The van der Waals surface area contributed by atoms with Crippen molar-refractivity contribution >= 4 is 27.5 Å². The Morgan fingerprint density at radius 3 is 2.88 bits per heavy atom. The number of hydrogen-bond acceptors (Lipinski definition) is 5. The summed E-state index contributed by atoms with van der Waals surface area (Å²) in [6.45, 7) is 1.12. The molecular formula is C17H19N5O3S. The van der Waals surface area contributed by atoms with Crippen LogP contribution in [-0.2, 0) is 21.9 Å². The Balaban J connectivity index is 1.53. The van der Waals surface area contributed by atoms with E-state index in [-0.39, 0.29) is 16.7 Å². The molecule has 0 aliphatic carbocycles. The number of fused-ring (bicyclic) bond motifs is 1. The highest BCUT2D eigenvalue weighted by Gasteiger charge is 2.35. The van der Waals surface area contributed by atoms with E-state index in [2.05, 4.69) is 14.8 Å². The van der Waals surface area contributed by atoms with Crippen molar-refractivity contribution < 1.29 is 13.2 Å². The van der Waals surface area contributed by atoms with Crippen LogP contribution in [0, 0.1) is 5.92 Å². The summed E-state index contributed by atoms with van der Waals surface area (Å²) in [6.07, 6.45) is 4.89. The lowest BCUT2D eigenvalue weighted by Gasteiger charge is -2.33. The molecule has 0 unspecified atom stereocenters. The molecule has 26 heavy (non-hydrogen) atoms. The first-order valence-electron chi connectivity index (χ1n) is 8.43. The number of carbonyl (C=O) groups excluding carboxylic acids is 1. The molecule has 2 aromatic rings. The van der Waals surface area contributed by atoms with E-state index < -0.39 is 10.0 Å². The van der Waals surface area contributed by atoms with Gasteiger partial charge in [0.1, 0.15) is 4.90 Å². The van der Waals surface area contributed by atoms with Gasteiger partial charge in [-0.1, -0.05) is 12.1 Å². The number of benzene rings is 1. The molecule has 0 spiro atoms. The van der Waals surface area contributed by atoms with Gasteiger partial charge in [-0.2, -0.15) is 13.5 Å². The number of piperidine rings is 1. The molecule has 136 valence electrons. The van der Waals surface area contributed by atoms with Gasteiger partial charge in [-0.25, -0.2) is 0 Å². The fourth-order valence-electron chi connectivity index (χ4n) is 3.43. The lowest BCUT2D eigenvalue weighted by molar-refractivity contribution is -0.121. The highest BCUT2D eigenvalue weighted by molar-refractivity contribution is 7.90. The van der Waals surface area contributed by atoms with Crippen LogP contribution in [0.5, 0.6) is 0 Å². The molecule has 3 heterocycles. The second-order valence-corrected chi connectivity index (χ2v) is 8.14.